The van der Waals surface area contributed by atoms with Gasteiger partial charge >= 0.3 is 0 Å². The van der Waals surface area contributed by atoms with Gasteiger partial charge in [0.05, 0.1) is 0 Å². The van der Waals surface area contributed by atoms with Crippen LogP contribution in [0.3, 0.4) is 0 Å². The van der Waals surface area contributed by atoms with Crippen LogP contribution in [0.5, 0.6) is 0 Å². The van der Waals surface area contributed by atoms with Crippen molar-refractivity contribution in [1.29, 1.82) is 0 Å². The van der Waals surface area contributed by atoms with Gasteiger partial charge in [-0.1, -0.05) is 47.5 Å². The third kappa shape index (κ3) is 2.59. The number of hydrogen-bond donors (Lipinski definition) is 0. The summed E-state index contributed by atoms with van der Waals surface area (Å²) in [7, 11) is 0. The van der Waals surface area contributed by atoms with E-state index >= 15 is 0 Å². The third-order valence-electron chi connectivity index (χ3n) is 2.41. The molecule has 0 saturated carbocycles. The Labute approximate surface area is 108 Å². The van der Waals surface area contributed by atoms with Gasteiger partial charge in [0.25, 0.3) is 5.92 Å². The van der Waals surface area contributed by atoms with E-state index in [1.807, 2.05) is 0 Å². The predicted molar refractivity (Wildman–Crippen MR) is 65.9 cm³/mol. The average Bonchev–Trinajstić information content (AvgIpc) is 2.30. The molecule has 0 spiro atoms. The Hall–Kier alpha value is -1.12. The zero-order chi connectivity index (χ0) is 12.5. The maximum absolute atomic E-state index is 14.1. The molecule has 0 aliphatic heterocycles. The SMILES string of the molecule is FC(F)(c1ccc(Cl)cc1)c1ccc(Cl)cc1. The molecule has 0 aromatic heterocycles. The molecule has 0 aliphatic rings. The highest BCUT2D eigenvalue weighted by atomic mass is 35.5. The Morgan fingerprint density at radius 2 is 0.941 bits per heavy atom. The van der Waals surface area contributed by atoms with Crippen molar-refractivity contribution in [2.75, 3.05) is 0 Å². The maximum atomic E-state index is 14.1. The van der Waals surface area contributed by atoms with Crippen molar-refractivity contribution in [3.05, 3.63) is 69.7 Å². The summed E-state index contributed by atoms with van der Waals surface area (Å²) in [5, 5.41) is 0.862. The fourth-order valence-corrected chi connectivity index (χ4v) is 1.74. The van der Waals surface area contributed by atoms with Crippen molar-refractivity contribution in [1.82, 2.24) is 0 Å². The number of rotatable bonds is 2. The maximum Gasteiger partial charge on any atom is 0.298 e. The number of alkyl halides is 2. The van der Waals surface area contributed by atoms with Crippen LogP contribution < -0.4 is 0 Å². The first kappa shape index (κ1) is 12.3. The Morgan fingerprint density at radius 1 is 0.647 bits per heavy atom. The molecule has 0 radical (unpaired) electrons. The second kappa shape index (κ2) is 4.63. The van der Waals surface area contributed by atoms with Gasteiger partial charge in [0, 0.05) is 21.2 Å². The molecule has 2 aromatic rings. The van der Waals surface area contributed by atoms with E-state index in [4.69, 9.17) is 23.2 Å². The van der Waals surface area contributed by atoms with Crippen LogP contribution in [0, 0.1) is 0 Å². The molecule has 2 rings (SSSR count). The van der Waals surface area contributed by atoms with Gasteiger partial charge in [-0.3, -0.25) is 0 Å². The molecular weight excluding hydrogens is 265 g/mol. The van der Waals surface area contributed by atoms with Gasteiger partial charge in [-0.2, -0.15) is 8.78 Å². The molecule has 0 heterocycles. The lowest BCUT2D eigenvalue weighted by Crippen LogP contribution is -2.14. The van der Waals surface area contributed by atoms with Crippen molar-refractivity contribution in [2.24, 2.45) is 0 Å². The van der Waals surface area contributed by atoms with Crippen LogP contribution in [0.1, 0.15) is 11.1 Å². The highest BCUT2D eigenvalue weighted by Crippen LogP contribution is 2.36. The highest BCUT2D eigenvalue weighted by molar-refractivity contribution is 6.30. The molecule has 0 amide bonds. The Morgan fingerprint density at radius 3 is 1.24 bits per heavy atom. The summed E-state index contributed by atoms with van der Waals surface area (Å²) in [4.78, 5) is 0. The second-order valence-electron chi connectivity index (χ2n) is 3.59. The third-order valence-corrected chi connectivity index (χ3v) is 2.92. The Balaban J connectivity index is 2.41. The molecule has 0 unspecified atom stereocenters. The van der Waals surface area contributed by atoms with Gasteiger partial charge in [0.1, 0.15) is 0 Å². The lowest BCUT2D eigenvalue weighted by atomic mass is 10.0. The van der Waals surface area contributed by atoms with Crippen molar-refractivity contribution in [3.63, 3.8) is 0 Å². The van der Waals surface area contributed by atoms with Crippen molar-refractivity contribution in [3.8, 4) is 0 Å². The van der Waals surface area contributed by atoms with Crippen LogP contribution in [-0.2, 0) is 5.92 Å². The van der Waals surface area contributed by atoms with Crippen LogP contribution >= 0.6 is 23.2 Å². The van der Waals surface area contributed by atoms with Gasteiger partial charge < -0.3 is 0 Å². The molecule has 4 heteroatoms. The van der Waals surface area contributed by atoms with E-state index in [-0.39, 0.29) is 11.1 Å². The summed E-state index contributed by atoms with van der Waals surface area (Å²) in [6.07, 6.45) is 0. The lowest BCUT2D eigenvalue weighted by Gasteiger charge is -2.17. The smallest absolute Gasteiger partial charge is 0.196 e. The molecule has 0 atom stereocenters. The molecule has 88 valence electrons. The fourth-order valence-electron chi connectivity index (χ4n) is 1.49. The molecular formula is C13H8Cl2F2. The molecule has 0 N–H and O–H groups in total. The normalized spacial score (nSPS) is 11.5. The molecule has 0 aliphatic carbocycles. The summed E-state index contributed by atoms with van der Waals surface area (Å²) in [6.45, 7) is 0. The predicted octanol–water partition coefficient (Wildman–Crippen LogP) is 5.13. The van der Waals surface area contributed by atoms with E-state index in [0.717, 1.165) is 0 Å². The van der Waals surface area contributed by atoms with Crippen molar-refractivity contribution < 1.29 is 8.78 Å². The number of benzene rings is 2. The van der Waals surface area contributed by atoms with E-state index < -0.39 is 5.92 Å². The van der Waals surface area contributed by atoms with Gasteiger partial charge in [0.15, 0.2) is 0 Å². The van der Waals surface area contributed by atoms with Gasteiger partial charge in [0.2, 0.25) is 0 Å². The standard InChI is InChI=1S/C13H8Cl2F2/c14-11-5-1-9(2-6-11)13(16,17)10-3-7-12(15)8-4-10/h1-8H. The van der Waals surface area contributed by atoms with Crippen LogP contribution in [0.4, 0.5) is 8.78 Å². The van der Waals surface area contributed by atoms with Crippen molar-refractivity contribution in [2.45, 2.75) is 5.92 Å². The summed E-state index contributed by atoms with van der Waals surface area (Å²) in [6, 6.07) is 11.0. The van der Waals surface area contributed by atoms with Gasteiger partial charge in [-0.05, 0) is 24.3 Å². The highest BCUT2D eigenvalue weighted by Gasteiger charge is 2.33. The van der Waals surface area contributed by atoms with Crippen LogP contribution in [-0.4, -0.2) is 0 Å². The van der Waals surface area contributed by atoms with Crippen LogP contribution in [0.2, 0.25) is 10.0 Å². The van der Waals surface area contributed by atoms with E-state index in [9.17, 15) is 8.78 Å². The zero-order valence-electron chi connectivity index (χ0n) is 8.63. The van der Waals surface area contributed by atoms with Crippen molar-refractivity contribution >= 4 is 23.2 Å². The van der Waals surface area contributed by atoms with Crippen LogP contribution in [0.25, 0.3) is 0 Å². The summed E-state index contributed by atoms with van der Waals surface area (Å²) in [5.41, 5.74) is -0.187. The van der Waals surface area contributed by atoms with Crippen LogP contribution in [0.15, 0.2) is 48.5 Å². The molecule has 2 aromatic carbocycles. The summed E-state index contributed by atoms with van der Waals surface area (Å²) in [5.74, 6) is -3.05. The van der Waals surface area contributed by atoms with E-state index in [0.29, 0.717) is 10.0 Å². The van der Waals surface area contributed by atoms with Gasteiger partial charge in [-0.15, -0.1) is 0 Å². The molecule has 0 nitrogen and oxygen atoms in total. The minimum atomic E-state index is -3.05. The molecule has 0 saturated heterocycles. The first-order valence-electron chi connectivity index (χ1n) is 4.90. The minimum Gasteiger partial charge on any atom is -0.196 e. The monoisotopic (exact) mass is 272 g/mol. The summed E-state index contributed by atoms with van der Waals surface area (Å²) < 4.78 is 28.1. The van der Waals surface area contributed by atoms with E-state index in [1.54, 1.807) is 0 Å². The molecule has 0 bridgehead atoms. The van der Waals surface area contributed by atoms with E-state index in [2.05, 4.69) is 0 Å². The first-order chi connectivity index (χ1) is 8.00. The lowest BCUT2D eigenvalue weighted by molar-refractivity contribution is 0.0428. The number of hydrogen-bond acceptors (Lipinski definition) is 0. The van der Waals surface area contributed by atoms with E-state index in [1.165, 1.54) is 48.5 Å². The molecule has 0 fully saturated rings. The topological polar surface area (TPSA) is 0 Å². The zero-order valence-corrected chi connectivity index (χ0v) is 10.1. The fraction of sp³-hybridized carbons (Fsp3) is 0.0769. The second-order valence-corrected chi connectivity index (χ2v) is 4.46. The molecule has 17 heavy (non-hydrogen) atoms. The summed E-state index contributed by atoms with van der Waals surface area (Å²) >= 11 is 11.3. The Kier molecular flexibility index (Phi) is 3.36. The minimum absolute atomic E-state index is 0.0933. The van der Waals surface area contributed by atoms with Gasteiger partial charge in [-0.25, -0.2) is 0 Å². The number of halogens is 4. The first-order valence-corrected chi connectivity index (χ1v) is 5.65. The Bertz CT molecular complexity index is 456. The quantitative estimate of drug-likeness (QED) is 0.711. The average molecular weight is 273 g/mol. The largest absolute Gasteiger partial charge is 0.298 e.